The average molecular weight is 300 g/mol. The topological polar surface area (TPSA) is 67.3 Å². The number of benzene rings is 1. The molecule has 6 nitrogen and oxygen atoms in total. The Balaban J connectivity index is 2.03. The number of nitrogens with one attached hydrogen (secondary N) is 1. The van der Waals surface area contributed by atoms with Crippen molar-refractivity contribution < 1.29 is 9.53 Å². The molecule has 1 aromatic heterocycles. The average Bonchev–Trinajstić information content (AvgIpc) is 2.58. The monoisotopic (exact) mass is 300 g/mol. The van der Waals surface area contributed by atoms with Crippen LogP contribution >= 0.6 is 0 Å². The predicted molar refractivity (Wildman–Crippen MR) is 86.2 cm³/mol. The molecule has 0 aliphatic rings. The highest BCUT2D eigenvalue weighted by Crippen LogP contribution is 2.14. The highest BCUT2D eigenvalue weighted by molar-refractivity contribution is 6.04. The Kier molecular flexibility index (Phi) is 5.85. The normalized spacial score (nSPS) is 10.3. The van der Waals surface area contributed by atoms with Crippen LogP contribution in [0.2, 0.25) is 0 Å². The molecule has 0 spiro atoms. The fraction of sp³-hybridized carbons (Fsp3) is 0.312. The van der Waals surface area contributed by atoms with Crippen LogP contribution in [0.1, 0.15) is 16.9 Å². The van der Waals surface area contributed by atoms with Crippen LogP contribution in [0.25, 0.3) is 0 Å². The molecule has 1 heterocycles. The summed E-state index contributed by atoms with van der Waals surface area (Å²) in [6, 6.07) is 11.1. The summed E-state index contributed by atoms with van der Waals surface area (Å²) in [5.74, 6) is 0.462. The van der Waals surface area contributed by atoms with Gasteiger partial charge in [-0.1, -0.05) is 18.2 Å². The maximum absolute atomic E-state index is 12.5. The molecule has 6 heteroatoms. The van der Waals surface area contributed by atoms with Crippen molar-refractivity contribution in [1.82, 2.24) is 9.97 Å². The zero-order valence-electron chi connectivity index (χ0n) is 12.8. The van der Waals surface area contributed by atoms with Gasteiger partial charge in [0.15, 0.2) is 0 Å². The number of hydrogen-bond acceptors (Lipinski definition) is 5. The molecule has 0 unspecified atom stereocenters. The molecule has 0 fully saturated rings. The number of ether oxygens (including phenoxy) is 1. The molecular formula is C16H20N4O2. The predicted octanol–water partition coefficient (Wildman–Crippen LogP) is 2.20. The van der Waals surface area contributed by atoms with E-state index in [4.69, 9.17) is 4.74 Å². The number of carbonyl (C=O) groups excluding carboxylic acids is 1. The highest BCUT2D eigenvalue weighted by atomic mass is 16.5. The number of rotatable bonds is 7. The van der Waals surface area contributed by atoms with Crippen molar-refractivity contribution in [2.24, 2.45) is 0 Å². The summed E-state index contributed by atoms with van der Waals surface area (Å²) < 4.78 is 4.99. The standard InChI is InChI=1S/C16H20N4O2/c1-20(13-7-4-3-5-8-13)16(21)14-11-15(19-12-18-14)17-9-6-10-22-2/h3-5,7-8,11-12H,6,9-10H2,1-2H3,(H,17,18,19). The fourth-order valence-electron chi connectivity index (χ4n) is 1.94. The lowest BCUT2D eigenvalue weighted by Crippen LogP contribution is -2.27. The molecule has 2 aromatic rings. The van der Waals surface area contributed by atoms with Gasteiger partial charge >= 0.3 is 0 Å². The molecule has 116 valence electrons. The Hall–Kier alpha value is -2.47. The van der Waals surface area contributed by atoms with Crippen molar-refractivity contribution in [2.45, 2.75) is 6.42 Å². The molecule has 0 saturated heterocycles. The van der Waals surface area contributed by atoms with E-state index >= 15 is 0 Å². The minimum absolute atomic E-state index is 0.173. The van der Waals surface area contributed by atoms with E-state index in [1.54, 1.807) is 25.1 Å². The minimum Gasteiger partial charge on any atom is -0.385 e. The van der Waals surface area contributed by atoms with Gasteiger partial charge in [0, 0.05) is 39.1 Å². The largest absolute Gasteiger partial charge is 0.385 e. The highest BCUT2D eigenvalue weighted by Gasteiger charge is 2.15. The lowest BCUT2D eigenvalue weighted by Gasteiger charge is -2.17. The van der Waals surface area contributed by atoms with E-state index in [1.807, 2.05) is 30.3 Å². The second kappa shape index (κ2) is 8.09. The zero-order chi connectivity index (χ0) is 15.8. The molecule has 0 saturated carbocycles. The van der Waals surface area contributed by atoms with Crippen molar-refractivity contribution in [2.75, 3.05) is 37.5 Å². The van der Waals surface area contributed by atoms with Crippen molar-refractivity contribution in [3.63, 3.8) is 0 Å². The molecule has 22 heavy (non-hydrogen) atoms. The Labute approximate surface area is 130 Å². The maximum atomic E-state index is 12.5. The summed E-state index contributed by atoms with van der Waals surface area (Å²) in [4.78, 5) is 22.2. The van der Waals surface area contributed by atoms with Crippen molar-refractivity contribution >= 4 is 17.4 Å². The van der Waals surface area contributed by atoms with Crippen molar-refractivity contribution in [3.05, 3.63) is 48.4 Å². The second-order valence-corrected chi connectivity index (χ2v) is 4.76. The molecule has 1 amide bonds. The van der Waals surface area contributed by atoms with Gasteiger partial charge in [-0.25, -0.2) is 9.97 Å². The summed E-state index contributed by atoms with van der Waals surface area (Å²) in [6.07, 6.45) is 2.26. The van der Waals surface area contributed by atoms with Gasteiger partial charge in [-0.3, -0.25) is 4.79 Å². The smallest absolute Gasteiger partial charge is 0.276 e. The van der Waals surface area contributed by atoms with Crippen LogP contribution in [0.5, 0.6) is 0 Å². The number of amides is 1. The Morgan fingerprint density at radius 3 is 2.77 bits per heavy atom. The van der Waals surface area contributed by atoms with Crippen LogP contribution in [-0.4, -0.2) is 43.2 Å². The molecule has 0 radical (unpaired) electrons. The molecule has 0 aliphatic heterocycles. The van der Waals surface area contributed by atoms with E-state index < -0.39 is 0 Å². The summed E-state index contributed by atoms with van der Waals surface area (Å²) in [6.45, 7) is 1.41. The molecule has 1 N–H and O–H groups in total. The van der Waals surface area contributed by atoms with Crippen molar-refractivity contribution in [3.8, 4) is 0 Å². The van der Waals surface area contributed by atoms with E-state index in [0.717, 1.165) is 18.7 Å². The first kappa shape index (κ1) is 15.9. The molecule has 0 atom stereocenters. The van der Waals surface area contributed by atoms with Gasteiger partial charge in [0.1, 0.15) is 17.8 Å². The van der Waals surface area contributed by atoms with Crippen LogP contribution in [-0.2, 0) is 4.74 Å². The quantitative estimate of drug-likeness (QED) is 0.794. The molecular weight excluding hydrogens is 280 g/mol. The summed E-state index contributed by atoms with van der Waals surface area (Å²) in [7, 11) is 3.40. The number of aromatic nitrogens is 2. The summed E-state index contributed by atoms with van der Waals surface area (Å²) in [5, 5.41) is 3.15. The Morgan fingerprint density at radius 2 is 2.05 bits per heavy atom. The van der Waals surface area contributed by atoms with Gasteiger partial charge in [-0.2, -0.15) is 0 Å². The maximum Gasteiger partial charge on any atom is 0.276 e. The van der Waals surface area contributed by atoms with E-state index in [2.05, 4.69) is 15.3 Å². The van der Waals surface area contributed by atoms with Gasteiger partial charge in [-0.05, 0) is 18.6 Å². The number of methoxy groups -OCH3 is 1. The molecule has 0 aliphatic carbocycles. The van der Waals surface area contributed by atoms with Crippen LogP contribution in [0.15, 0.2) is 42.7 Å². The second-order valence-electron chi connectivity index (χ2n) is 4.76. The van der Waals surface area contributed by atoms with Gasteiger partial charge in [0.25, 0.3) is 5.91 Å². The number of anilines is 2. The summed E-state index contributed by atoms with van der Waals surface area (Å²) in [5.41, 5.74) is 1.18. The van der Waals surface area contributed by atoms with E-state index in [-0.39, 0.29) is 5.91 Å². The Bertz CT molecular complexity index is 604. The van der Waals surface area contributed by atoms with E-state index in [0.29, 0.717) is 18.1 Å². The van der Waals surface area contributed by atoms with Gasteiger partial charge in [0.05, 0.1) is 0 Å². The number of hydrogen-bond donors (Lipinski definition) is 1. The third kappa shape index (κ3) is 4.26. The lowest BCUT2D eigenvalue weighted by molar-refractivity contribution is 0.0988. The lowest BCUT2D eigenvalue weighted by atomic mass is 10.2. The third-order valence-corrected chi connectivity index (χ3v) is 3.17. The fourth-order valence-corrected chi connectivity index (χ4v) is 1.94. The van der Waals surface area contributed by atoms with Crippen LogP contribution < -0.4 is 10.2 Å². The first-order valence-corrected chi connectivity index (χ1v) is 7.10. The molecule has 0 bridgehead atoms. The van der Waals surface area contributed by atoms with E-state index in [1.165, 1.54) is 6.33 Å². The number of para-hydroxylation sites is 1. The summed E-state index contributed by atoms with van der Waals surface area (Å²) >= 11 is 0. The number of carbonyl (C=O) groups is 1. The Morgan fingerprint density at radius 1 is 1.27 bits per heavy atom. The van der Waals surface area contributed by atoms with Crippen LogP contribution in [0.3, 0.4) is 0 Å². The number of nitrogens with zero attached hydrogens (tertiary/aromatic N) is 3. The van der Waals surface area contributed by atoms with Gasteiger partial charge in [-0.15, -0.1) is 0 Å². The minimum atomic E-state index is -0.173. The van der Waals surface area contributed by atoms with Gasteiger partial charge < -0.3 is 15.0 Å². The van der Waals surface area contributed by atoms with E-state index in [9.17, 15) is 4.79 Å². The van der Waals surface area contributed by atoms with Crippen molar-refractivity contribution in [1.29, 1.82) is 0 Å². The van der Waals surface area contributed by atoms with Gasteiger partial charge in [0.2, 0.25) is 0 Å². The van der Waals surface area contributed by atoms with Crippen LogP contribution in [0.4, 0.5) is 11.5 Å². The molecule has 1 aromatic carbocycles. The molecule has 2 rings (SSSR count). The SMILES string of the molecule is COCCCNc1cc(C(=O)N(C)c2ccccc2)ncn1. The first-order valence-electron chi connectivity index (χ1n) is 7.10. The van der Waals surface area contributed by atoms with Crippen LogP contribution in [0, 0.1) is 0 Å². The third-order valence-electron chi connectivity index (χ3n) is 3.17. The first-order chi connectivity index (χ1) is 10.7. The zero-order valence-corrected chi connectivity index (χ0v) is 12.8.